The molecule has 1 aliphatic carbocycles. The van der Waals surface area contributed by atoms with Gasteiger partial charge in [0.05, 0.1) is 11.8 Å². The second kappa shape index (κ2) is 7.32. The minimum atomic E-state index is -0.572. The van der Waals surface area contributed by atoms with E-state index in [2.05, 4.69) is 15.0 Å². The number of pyridine rings is 1. The summed E-state index contributed by atoms with van der Waals surface area (Å²) in [4.78, 5) is 25.3. The Morgan fingerprint density at radius 1 is 1.07 bits per heavy atom. The van der Waals surface area contributed by atoms with Gasteiger partial charge in [0.15, 0.2) is 0 Å². The molecule has 0 unspecified atom stereocenters. The molecule has 0 radical (unpaired) electrons. The predicted molar refractivity (Wildman–Crippen MR) is 102 cm³/mol. The van der Waals surface area contributed by atoms with E-state index in [-0.39, 0.29) is 11.7 Å². The van der Waals surface area contributed by atoms with Crippen LogP contribution in [0.1, 0.15) is 29.6 Å². The van der Waals surface area contributed by atoms with Gasteiger partial charge in [0.2, 0.25) is 5.88 Å². The van der Waals surface area contributed by atoms with Crippen LogP contribution in [0.25, 0.3) is 22.6 Å². The van der Waals surface area contributed by atoms with Crippen molar-refractivity contribution in [2.45, 2.75) is 25.4 Å². The summed E-state index contributed by atoms with van der Waals surface area (Å²) in [6.07, 6.45) is 6.54. The van der Waals surface area contributed by atoms with E-state index in [4.69, 9.17) is 22.1 Å². The summed E-state index contributed by atoms with van der Waals surface area (Å²) >= 11 is 6.01. The summed E-state index contributed by atoms with van der Waals surface area (Å²) in [6.45, 7) is 0. The summed E-state index contributed by atoms with van der Waals surface area (Å²) in [5, 5.41) is 0.616. The largest absolute Gasteiger partial charge is 0.473 e. The number of nitrogens with two attached hydrogens (primary N) is 1. The topological polar surface area (TPSA) is 91.0 Å². The van der Waals surface area contributed by atoms with Gasteiger partial charge in [-0.1, -0.05) is 23.7 Å². The van der Waals surface area contributed by atoms with Crippen molar-refractivity contribution in [3.63, 3.8) is 0 Å². The molecule has 0 atom stereocenters. The molecule has 0 saturated heterocycles. The zero-order valence-electron chi connectivity index (χ0n) is 14.4. The van der Waals surface area contributed by atoms with Crippen LogP contribution >= 0.6 is 11.6 Å². The van der Waals surface area contributed by atoms with E-state index in [0.717, 1.165) is 24.8 Å². The van der Waals surface area contributed by atoms with Crippen LogP contribution in [0.3, 0.4) is 0 Å². The Morgan fingerprint density at radius 3 is 2.52 bits per heavy atom. The predicted octanol–water partition coefficient (Wildman–Crippen LogP) is 3.89. The lowest BCUT2D eigenvalue weighted by atomic mass is 9.96. The first-order valence-electron chi connectivity index (χ1n) is 8.66. The molecule has 2 heterocycles. The van der Waals surface area contributed by atoms with Crippen LogP contribution in [0.2, 0.25) is 5.02 Å². The van der Waals surface area contributed by atoms with Gasteiger partial charge in [0, 0.05) is 16.8 Å². The van der Waals surface area contributed by atoms with Crippen LogP contribution in [0.5, 0.6) is 5.88 Å². The molecule has 0 spiro atoms. The molecule has 4 rings (SSSR count). The fraction of sp³-hybridized carbons (Fsp3) is 0.200. The molecule has 6 nitrogen and oxygen atoms in total. The lowest BCUT2D eigenvalue weighted by Gasteiger charge is -2.25. The molecule has 0 bridgehead atoms. The number of aromatic nitrogens is 3. The highest BCUT2D eigenvalue weighted by atomic mass is 35.5. The molecular weight excluding hydrogens is 364 g/mol. The standard InChI is InChI=1S/C20H17ClN4O2/c21-13-8-6-12(7-9-13)17-19(18-15(20(22)26)5-2-10-23-18)24-11-16(25-17)27-14-3-1-4-14/h2,5-11,14H,1,3-4H2,(H2,22,26). The van der Waals surface area contributed by atoms with Gasteiger partial charge in [-0.2, -0.15) is 0 Å². The smallest absolute Gasteiger partial charge is 0.250 e. The first kappa shape index (κ1) is 17.4. The van der Waals surface area contributed by atoms with Gasteiger partial charge in [-0.25, -0.2) is 9.97 Å². The van der Waals surface area contributed by atoms with E-state index in [9.17, 15) is 4.79 Å². The molecule has 136 valence electrons. The van der Waals surface area contributed by atoms with Crippen molar-refractivity contribution in [2.75, 3.05) is 0 Å². The molecule has 1 amide bonds. The van der Waals surface area contributed by atoms with Crippen LogP contribution in [0.15, 0.2) is 48.8 Å². The zero-order chi connectivity index (χ0) is 18.8. The van der Waals surface area contributed by atoms with E-state index < -0.39 is 5.91 Å². The van der Waals surface area contributed by atoms with Gasteiger partial charge in [-0.3, -0.25) is 9.78 Å². The van der Waals surface area contributed by atoms with E-state index in [1.54, 1.807) is 36.7 Å². The maximum absolute atomic E-state index is 11.8. The molecule has 3 aromatic rings. The molecule has 1 fully saturated rings. The molecule has 2 aromatic heterocycles. The molecule has 27 heavy (non-hydrogen) atoms. The van der Waals surface area contributed by atoms with Gasteiger partial charge in [-0.15, -0.1) is 0 Å². The number of primary amides is 1. The lowest BCUT2D eigenvalue weighted by Crippen LogP contribution is -2.25. The number of hydrogen-bond donors (Lipinski definition) is 1. The number of hydrogen-bond acceptors (Lipinski definition) is 5. The first-order valence-corrected chi connectivity index (χ1v) is 9.04. The maximum atomic E-state index is 11.8. The third-order valence-corrected chi connectivity index (χ3v) is 4.76. The van der Waals surface area contributed by atoms with E-state index in [1.165, 1.54) is 0 Å². The number of halogens is 1. The minimum absolute atomic E-state index is 0.180. The Bertz CT molecular complexity index is 988. The van der Waals surface area contributed by atoms with Crippen molar-refractivity contribution < 1.29 is 9.53 Å². The normalized spacial score (nSPS) is 13.8. The quantitative estimate of drug-likeness (QED) is 0.725. The van der Waals surface area contributed by atoms with Gasteiger partial charge in [0.1, 0.15) is 23.2 Å². The SMILES string of the molecule is NC(=O)c1cccnc1-c1ncc(OC2CCC2)nc1-c1ccc(Cl)cc1. The fourth-order valence-corrected chi connectivity index (χ4v) is 2.99. The van der Waals surface area contributed by atoms with Gasteiger partial charge >= 0.3 is 0 Å². The Hall–Kier alpha value is -2.99. The number of benzene rings is 1. The average Bonchev–Trinajstić information content (AvgIpc) is 2.65. The van der Waals surface area contributed by atoms with Gasteiger partial charge in [-0.05, 0) is 43.5 Å². The molecule has 1 saturated carbocycles. The van der Waals surface area contributed by atoms with Crippen molar-refractivity contribution in [2.24, 2.45) is 5.73 Å². The number of carbonyl (C=O) groups is 1. The van der Waals surface area contributed by atoms with E-state index >= 15 is 0 Å². The average molecular weight is 381 g/mol. The fourth-order valence-electron chi connectivity index (χ4n) is 2.86. The Kier molecular flexibility index (Phi) is 4.73. The monoisotopic (exact) mass is 380 g/mol. The summed E-state index contributed by atoms with van der Waals surface area (Å²) in [6, 6.07) is 10.5. The highest BCUT2D eigenvalue weighted by Crippen LogP contribution is 2.33. The highest BCUT2D eigenvalue weighted by molar-refractivity contribution is 6.30. The van der Waals surface area contributed by atoms with Gasteiger partial charge in [0.25, 0.3) is 5.91 Å². The lowest BCUT2D eigenvalue weighted by molar-refractivity contribution is 0.100. The van der Waals surface area contributed by atoms with Crippen LogP contribution in [0, 0.1) is 0 Å². The number of nitrogens with zero attached hydrogens (tertiary/aromatic N) is 3. The van der Waals surface area contributed by atoms with Crippen LogP contribution in [-0.2, 0) is 0 Å². The Balaban J connectivity index is 1.85. The Morgan fingerprint density at radius 2 is 1.85 bits per heavy atom. The second-order valence-electron chi connectivity index (χ2n) is 6.35. The summed E-state index contributed by atoms with van der Waals surface area (Å²) in [7, 11) is 0. The van der Waals surface area contributed by atoms with Crippen molar-refractivity contribution >= 4 is 17.5 Å². The molecule has 1 aliphatic rings. The second-order valence-corrected chi connectivity index (χ2v) is 6.78. The van der Waals surface area contributed by atoms with E-state index in [1.807, 2.05) is 12.1 Å². The number of rotatable bonds is 5. The van der Waals surface area contributed by atoms with Crippen LogP contribution in [0.4, 0.5) is 0 Å². The van der Waals surface area contributed by atoms with Gasteiger partial charge < -0.3 is 10.5 Å². The third-order valence-electron chi connectivity index (χ3n) is 4.51. The van der Waals surface area contributed by atoms with E-state index in [0.29, 0.717) is 28.0 Å². The Labute approximate surface area is 161 Å². The summed E-state index contributed by atoms with van der Waals surface area (Å²) < 4.78 is 5.89. The zero-order valence-corrected chi connectivity index (χ0v) is 15.2. The highest BCUT2D eigenvalue weighted by Gasteiger charge is 2.22. The minimum Gasteiger partial charge on any atom is -0.473 e. The first-order chi connectivity index (χ1) is 13.1. The van der Waals surface area contributed by atoms with Crippen LogP contribution < -0.4 is 10.5 Å². The molecule has 1 aromatic carbocycles. The maximum Gasteiger partial charge on any atom is 0.250 e. The van der Waals surface area contributed by atoms with Crippen LogP contribution in [-0.4, -0.2) is 27.0 Å². The van der Waals surface area contributed by atoms with Crippen molar-refractivity contribution in [3.8, 4) is 28.5 Å². The number of carbonyl (C=O) groups excluding carboxylic acids is 1. The van der Waals surface area contributed by atoms with Crippen molar-refractivity contribution in [3.05, 3.63) is 59.4 Å². The third kappa shape index (κ3) is 3.61. The number of amides is 1. The van der Waals surface area contributed by atoms with Crippen molar-refractivity contribution in [1.29, 1.82) is 0 Å². The summed E-state index contributed by atoms with van der Waals surface area (Å²) in [5.41, 5.74) is 8.01. The van der Waals surface area contributed by atoms with Crippen molar-refractivity contribution in [1.82, 2.24) is 15.0 Å². The molecule has 0 aliphatic heterocycles. The molecular formula is C20H17ClN4O2. The summed E-state index contributed by atoms with van der Waals surface area (Å²) in [5.74, 6) is -0.123. The number of ether oxygens (including phenoxy) is 1. The molecule has 7 heteroatoms. The molecule has 2 N–H and O–H groups in total.